The highest BCUT2D eigenvalue weighted by molar-refractivity contribution is 7.48. The van der Waals surface area contributed by atoms with Crippen LogP contribution in [0.5, 0.6) is 11.5 Å². The van der Waals surface area contributed by atoms with Crippen LogP contribution in [0.1, 0.15) is 128 Å². The van der Waals surface area contributed by atoms with Crippen LogP contribution >= 0.6 is 76.5 Å². The molecule has 3 unspecified atom stereocenters. The van der Waals surface area contributed by atoms with E-state index in [1.165, 1.54) is 44.5 Å². The van der Waals surface area contributed by atoms with Crippen LogP contribution in [-0.4, -0.2) is 167 Å². The molecule has 11 rings (SSSR count). The lowest BCUT2D eigenvalue weighted by Gasteiger charge is -2.50. The number of benzene rings is 2. The number of hydrogen-bond donors (Lipinski definition) is 0. The van der Waals surface area contributed by atoms with Gasteiger partial charge in [0.05, 0.1) is 78.1 Å². The lowest BCUT2D eigenvalue weighted by Crippen LogP contribution is -2.60. The average molecular weight is 1480 g/mol. The lowest BCUT2D eigenvalue weighted by atomic mass is 9.66. The first kappa shape index (κ1) is 89.2. The molecule has 23 nitrogen and oxygen atoms in total. The fraction of sp³-hybridized carbons (Fsp3) is 0.800. The van der Waals surface area contributed by atoms with E-state index in [-0.39, 0.29) is 55.6 Å². The summed E-state index contributed by atoms with van der Waals surface area (Å²) in [6, 6.07) is 4.43. The van der Waals surface area contributed by atoms with Crippen LogP contribution in [0.15, 0.2) is 12.1 Å². The Balaban J connectivity index is 0.000000379. The van der Waals surface area contributed by atoms with Gasteiger partial charge in [-0.25, -0.2) is 0 Å². The highest BCUT2D eigenvalue weighted by atomic mass is 31.2. The van der Waals surface area contributed by atoms with Crippen molar-refractivity contribution in [3.8, 4) is 11.5 Å². The van der Waals surface area contributed by atoms with Crippen LogP contribution in [0.3, 0.4) is 0 Å². The Labute approximate surface area is 565 Å². The number of aryl methyl sites for hydroxylation is 4. The normalized spacial score (nSPS) is 28.4. The summed E-state index contributed by atoms with van der Waals surface area (Å²) in [6.07, 6.45) is 6.21. The van der Waals surface area contributed by atoms with E-state index in [0.29, 0.717) is 33.0 Å². The van der Waals surface area contributed by atoms with Crippen LogP contribution in [-0.2, 0) is 101 Å². The van der Waals surface area contributed by atoms with Gasteiger partial charge in [-0.15, -0.1) is 0 Å². The third kappa shape index (κ3) is 26.2. The van der Waals surface area contributed by atoms with Crippen molar-refractivity contribution in [2.75, 3.05) is 155 Å². The van der Waals surface area contributed by atoms with E-state index in [2.05, 4.69) is 81.4 Å². The molecule has 92 heavy (non-hydrogen) atoms. The number of rotatable bonds is 10. The minimum atomic E-state index is -1.17. The number of hydrogen-bond acceptors (Lipinski definition) is 23. The molecule has 2 aromatic rings. The molecule has 538 valence electrons. The summed E-state index contributed by atoms with van der Waals surface area (Å²) in [5, 5.41) is 0. The average Bonchev–Trinajstić information content (AvgIpc) is 1.54. The van der Waals surface area contributed by atoms with Gasteiger partial charge in [-0.05, 0) is 94.2 Å². The van der Waals surface area contributed by atoms with Gasteiger partial charge in [0, 0.05) is 116 Å². The van der Waals surface area contributed by atoms with Gasteiger partial charge in [0.1, 0.15) is 23.2 Å². The summed E-state index contributed by atoms with van der Waals surface area (Å²) in [5.74, 6) is 2.04. The van der Waals surface area contributed by atoms with Gasteiger partial charge in [0.2, 0.25) is 0 Å². The van der Waals surface area contributed by atoms with E-state index < -0.39 is 76.5 Å². The van der Waals surface area contributed by atoms with Crippen LogP contribution < -0.4 is 9.05 Å². The topological polar surface area (TPSA) is 212 Å². The van der Waals surface area contributed by atoms with E-state index in [4.69, 9.17) is 104 Å². The third-order valence-electron chi connectivity index (χ3n) is 15.3. The van der Waals surface area contributed by atoms with E-state index in [1.807, 2.05) is 27.2 Å². The maximum absolute atomic E-state index is 6.23. The molecule has 0 radical (unpaired) electrons. The maximum Gasteiger partial charge on any atom is 0.333 e. The highest BCUT2D eigenvalue weighted by Gasteiger charge is 2.67. The summed E-state index contributed by atoms with van der Waals surface area (Å²) >= 11 is 0. The van der Waals surface area contributed by atoms with Crippen molar-refractivity contribution in [2.45, 2.75) is 143 Å². The van der Waals surface area contributed by atoms with E-state index in [0.717, 1.165) is 89.1 Å². The molecule has 1 saturated carbocycles. The molecule has 1 aliphatic carbocycles. The van der Waals surface area contributed by atoms with Crippen molar-refractivity contribution in [1.82, 2.24) is 0 Å². The van der Waals surface area contributed by atoms with Gasteiger partial charge < -0.3 is 104 Å². The molecule has 8 heterocycles. The van der Waals surface area contributed by atoms with Crippen LogP contribution in [0.25, 0.3) is 0 Å². The second-order valence-corrected chi connectivity index (χ2v) is 36.8. The molecule has 0 amide bonds. The Morgan fingerprint density at radius 2 is 0.815 bits per heavy atom. The first-order chi connectivity index (χ1) is 42.3. The van der Waals surface area contributed by atoms with Crippen molar-refractivity contribution in [1.29, 1.82) is 0 Å². The van der Waals surface area contributed by atoms with Crippen molar-refractivity contribution in [2.24, 2.45) is 21.7 Å². The zero-order chi connectivity index (χ0) is 65.7. The molecular weight excluding hydrogens is 1370 g/mol. The van der Waals surface area contributed by atoms with Crippen molar-refractivity contribution < 1.29 is 104 Å². The van der Waals surface area contributed by atoms with Crippen molar-refractivity contribution in [3.05, 3.63) is 56.6 Å². The molecule has 2 bridgehead atoms. The first-order valence-corrected chi connectivity index (χ1v) is 40.9. The summed E-state index contributed by atoms with van der Waals surface area (Å²) in [6.45, 7) is 36.8. The zero-order valence-electron chi connectivity index (χ0n) is 56.7. The molecule has 3 atom stereocenters. The molecule has 2 aromatic carbocycles. The van der Waals surface area contributed by atoms with Gasteiger partial charge in [-0.3, -0.25) is 0 Å². The maximum atomic E-state index is 6.23. The number of fused-ring (bicyclic) bond motifs is 4. The zero-order valence-corrected chi connectivity index (χ0v) is 64.7. The van der Waals surface area contributed by atoms with E-state index in [1.54, 1.807) is 56.9 Å². The van der Waals surface area contributed by atoms with Gasteiger partial charge in [-0.2, -0.15) is 0 Å². The van der Waals surface area contributed by atoms with E-state index in [9.17, 15) is 0 Å². The van der Waals surface area contributed by atoms with Crippen molar-refractivity contribution in [3.63, 3.8) is 0 Å². The van der Waals surface area contributed by atoms with Crippen molar-refractivity contribution >= 4 is 76.5 Å². The molecule has 8 fully saturated rings. The van der Waals surface area contributed by atoms with Crippen LogP contribution in [0.4, 0.5) is 0 Å². The Kier molecular flexibility index (Phi) is 41.8. The van der Waals surface area contributed by atoms with Crippen LogP contribution in [0, 0.1) is 63.2 Å². The molecule has 3 spiro atoms. The lowest BCUT2D eigenvalue weighted by molar-refractivity contribution is -0.140. The second-order valence-electron chi connectivity index (χ2n) is 23.7. The summed E-state index contributed by atoms with van der Waals surface area (Å²) < 4.78 is 123. The van der Waals surface area contributed by atoms with Gasteiger partial charge in [0.15, 0.2) is 25.1 Å². The first-order valence-electron chi connectivity index (χ1n) is 29.5. The Bertz CT molecular complexity index is 2230. The third-order valence-corrected chi connectivity index (χ3v) is 25.0. The molecular formula is C60H115O23P9. The molecule has 7 saturated heterocycles. The summed E-state index contributed by atoms with van der Waals surface area (Å²) in [7, 11) is 4.72. The smallest absolute Gasteiger partial charge is 0.333 e. The molecule has 9 aliphatic rings. The Hall–Kier alpha value is 1.07. The molecule has 32 heteroatoms. The van der Waals surface area contributed by atoms with E-state index >= 15 is 0 Å². The largest absolute Gasteiger partial charge is 0.438 e. The fourth-order valence-electron chi connectivity index (χ4n) is 9.98. The summed E-state index contributed by atoms with van der Waals surface area (Å²) in [4.78, 5) is 0. The molecule has 0 aromatic heterocycles. The molecule has 0 N–H and O–H groups in total. The Morgan fingerprint density at radius 1 is 0.457 bits per heavy atom. The minimum absolute atomic E-state index is 0. The predicted molar refractivity (Wildman–Crippen MR) is 377 cm³/mol. The fourth-order valence-corrected chi connectivity index (χ4v) is 19.4. The monoisotopic (exact) mass is 1480 g/mol. The van der Waals surface area contributed by atoms with Gasteiger partial charge in [-0.1, -0.05) is 76.0 Å². The van der Waals surface area contributed by atoms with Gasteiger partial charge >= 0.3 is 43.0 Å². The second kappa shape index (κ2) is 43.1. The summed E-state index contributed by atoms with van der Waals surface area (Å²) in [5.41, 5.74) is 10.2. The molecule has 8 aliphatic heterocycles. The highest BCUT2D eigenvalue weighted by Crippen LogP contribution is 2.68. The van der Waals surface area contributed by atoms with Gasteiger partial charge in [0.25, 0.3) is 8.38 Å². The SMILES string of the molecule is C.C.C.CCP(OC)OC.CCP(OC)OC.COP1OCC(C)(C)CO1.COP1OCC(C)(C)CO1.COP1OCC2(CO1)COP(OC)OC2.CP1OCC2(CCCC34COP(OC23)O4)CO1.Cc1cc(C)c2c(c1C)Cc1c(C)c(C)cc(C)c1OP(C)O2. The standard InChI is InChI=1S/C20H25O2P.C10H16O5P2.C7H14O6P2.2C6H13O3P.2C4H11O2P.3CH4/c1-11-8-13(3)19-17(15(11)5)10-18-16(6)12(2)9-14(4)20(18)22-23(7)21-19;1-16-11-5-9(6-12-16)3-2-4-10-7-13-17(15-10)14-8(9)10;1-8-14-10-3-7(4-11-14)5-12-15(9-2)13-6-7;2*1-6(2)4-8-10(7-3)9-5-6;2*1-4-7(5-2)6-3;;;/h8-9H,10H2,1-7H3;8H,2-7H2,1H3;3-6H2,1-2H3;2*4-5H2,1-3H3;2*4H2,1-3H3;3*1H4. The quantitative estimate of drug-likeness (QED) is 0.202. The minimum Gasteiger partial charge on any atom is -0.438 e. The Morgan fingerprint density at radius 3 is 1.13 bits per heavy atom. The van der Waals surface area contributed by atoms with Crippen LogP contribution in [0.2, 0.25) is 0 Å². The predicted octanol–water partition coefficient (Wildman–Crippen LogP) is 19.2.